The number of hydrogen-bond donors (Lipinski definition) is 2. The molecule has 0 saturated carbocycles. The number of rotatable bonds is 7. The highest BCUT2D eigenvalue weighted by molar-refractivity contribution is 6.33. The van der Waals surface area contributed by atoms with E-state index in [1.165, 1.54) is 0 Å². The topological polar surface area (TPSA) is 106 Å². The fourth-order valence-corrected chi connectivity index (χ4v) is 2.26. The average Bonchev–Trinajstić information content (AvgIpc) is 2.55. The molecule has 2 aromatic heterocycles. The maximum Gasteiger partial charge on any atom is 0.417 e. The van der Waals surface area contributed by atoms with Crippen molar-refractivity contribution in [2.24, 2.45) is 5.92 Å². The third kappa shape index (κ3) is 5.39. The molecule has 0 aliphatic carbocycles. The van der Waals surface area contributed by atoms with Crippen LogP contribution >= 0.6 is 11.6 Å². The molecule has 2 heterocycles. The first-order chi connectivity index (χ1) is 12.6. The zero-order chi connectivity index (χ0) is 20.2. The second kappa shape index (κ2) is 8.33. The van der Waals surface area contributed by atoms with E-state index >= 15 is 0 Å². The van der Waals surface area contributed by atoms with Gasteiger partial charge in [0.1, 0.15) is 6.33 Å². The molecule has 0 amide bonds. The first kappa shape index (κ1) is 20.6. The van der Waals surface area contributed by atoms with Crippen molar-refractivity contribution in [3.63, 3.8) is 0 Å². The molecule has 2 N–H and O–H groups in total. The highest BCUT2D eigenvalue weighted by Crippen LogP contribution is 2.35. The van der Waals surface area contributed by atoms with Crippen molar-refractivity contribution in [3.05, 3.63) is 39.3 Å². The van der Waals surface area contributed by atoms with Crippen LogP contribution in [0.15, 0.2) is 18.6 Å². The van der Waals surface area contributed by atoms with Gasteiger partial charge in [-0.3, -0.25) is 10.1 Å². The Morgan fingerprint density at radius 3 is 2.44 bits per heavy atom. The van der Waals surface area contributed by atoms with Gasteiger partial charge in [0.15, 0.2) is 5.82 Å². The molecular weight excluding hydrogens is 389 g/mol. The summed E-state index contributed by atoms with van der Waals surface area (Å²) in [6, 6.07) is 0.672. The van der Waals surface area contributed by atoms with Crippen molar-refractivity contribution >= 4 is 34.7 Å². The Morgan fingerprint density at radius 2 is 1.89 bits per heavy atom. The molecule has 146 valence electrons. The average molecular weight is 405 g/mol. The van der Waals surface area contributed by atoms with Crippen LogP contribution in [-0.4, -0.2) is 26.4 Å². The molecule has 0 atom stereocenters. The summed E-state index contributed by atoms with van der Waals surface area (Å²) in [5.41, 5.74) is -1.50. The van der Waals surface area contributed by atoms with E-state index in [2.05, 4.69) is 25.6 Å². The molecule has 0 aliphatic rings. The van der Waals surface area contributed by atoms with Crippen molar-refractivity contribution in [1.82, 2.24) is 15.0 Å². The molecule has 12 heteroatoms. The maximum atomic E-state index is 12.7. The summed E-state index contributed by atoms with van der Waals surface area (Å²) < 4.78 is 38.1. The first-order valence-electron chi connectivity index (χ1n) is 7.82. The van der Waals surface area contributed by atoms with E-state index in [9.17, 15) is 23.3 Å². The lowest BCUT2D eigenvalue weighted by atomic mass is 10.1. The van der Waals surface area contributed by atoms with Gasteiger partial charge in [0.05, 0.1) is 15.5 Å². The number of aromatic nitrogens is 3. The third-order valence-electron chi connectivity index (χ3n) is 3.42. The summed E-state index contributed by atoms with van der Waals surface area (Å²) in [5.74, 6) is -0.0665. The molecule has 0 spiro atoms. The summed E-state index contributed by atoms with van der Waals surface area (Å²) in [5, 5.41) is 16.4. The molecule has 0 unspecified atom stereocenters. The van der Waals surface area contributed by atoms with E-state index in [1.807, 2.05) is 13.8 Å². The summed E-state index contributed by atoms with van der Waals surface area (Å²) >= 11 is 5.82. The number of alkyl halides is 3. The number of halogens is 4. The van der Waals surface area contributed by atoms with Crippen LogP contribution in [-0.2, 0) is 6.18 Å². The molecule has 0 aliphatic heterocycles. The van der Waals surface area contributed by atoms with Gasteiger partial charge in [0, 0.05) is 12.7 Å². The molecule has 0 saturated heterocycles. The fourth-order valence-electron chi connectivity index (χ4n) is 2.05. The van der Waals surface area contributed by atoms with Crippen LogP contribution in [0.1, 0.15) is 25.8 Å². The normalized spacial score (nSPS) is 11.5. The lowest BCUT2D eigenvalue weighted by Gasteiger charge is -2.12. The van der Waals surface area contributed by atoms with Gasteiger partial charge in [-0.15, -0.1) is 0 Å². The second-order valence-corrected chi connectivity index (χ2v) is 6.37. The van der Waals surface area contributed by atoms with Crippen molar-refractivity contribution in [2.45, 2.75) is 26.4 Å². The quantitative estimate of drug-likeness (QED) is 0.510. The second-order valence-electron chi connectivity index (χ2n) is 5.96. The molecular formula is C15H16ClF3N6O2. The Labute approximate surface area is 157 Å². The lowest BCUT2D eigenvalue weighted by molar-refractivity contribution is -0.383. The van der Waals surface area contributed by atoms with E-state index in [-0.39, 0.29) is 22.5 Å². The molecule has 0 fully saturated rings. The highest BCUT2D eigenvalue weighted by atomic mass is 35.5. The van der Waals surface area contributed by atoms with E-state index in [0.29, 0.717) is 24.7 Å². The molecule has 2 aromatic rings. The minimum Gasteiger partial charge on any atom is -0.364 e. The standard InChI is InChI=1S/C15H16ClF3N6O2/c1-8(2)3-4-20-13-11(25(26)27)14(23-7-22-13)24-12-10(16)5-9(6-21-12)15(17,18)19/h5-8H,3-4H2,1-2H3,(H2,20,21,22,23,24). The van der Waals surface area contributed by atoms with Crippen molar-refractivity contribution < 1.29 is 18.1 Å². The van der Waals surface area contributed by atoms with Crippen LogP contribution < -0.4 is 10.6 Å². The lowest BCUT2D eigenvalue weighted by Crippen LogP contribution is -2.11. The summed E-state index contributed by atoms with van der Waals surface area (Å²) in [7, 11) is 0. The van der Waals surface area contributed by atoms with Gasteiger partial charge in [0.25, 0.3) is 0 Å². The number of nitro groups is 1. The minimum atomic E-state index is -4.61. The van der Waals surface area contributed by atoms with Gasteiger partial charge in [-0.2, -0.15) is 13.2 Å². The summed E-state index contributed by atoms with van der Waals surface area (Å²) in [6.07, 6.45) is -2.19. The SMILES string of the molecule is CC(C)CCNc1ncnc(Nc2ncc(C(F)(F)F)cc2Cl)c1[N+](=O)[O-]. The van der Waals surface area contributed by atoms with E-state index in [1.54, 1.807) is 0 Å². The molecule has 2 rings (SSSR count). The van der Waals surface area contributed by atoms with Crippen molar-refractivity contribution in [1.29, 1.82) is 0 Å². The summed E-state index contributed by atoms with van der Waals surface area (Å²) in [4.78, 5) is 22.0. The third-order valence-corrected chi connectivity index (χ3v) is 3.71. The number of hydrogen-bond acceptors (Lipinski definition) is 7. The fraction of sp³-hybridized carbons (Fsp3) is 0.400. The van der Waals surface area contributed by atoms with Crippen LogP contribution in [0.4, 0.5) is 36.3 Å². The zero-order valence-electron chi connectivity index (χ0n) is 14.3. The Kier molecular flexibility index (Phi) is 6.37. The zero-order valence-corrected chi connectivity index (χ0v) is 15.1. The smallest absolute Gasteiger partial charge is 0.364 e. The maximum absolute atomic E-state index is 12.7. The number of nitrogens with zero attached hydrogens (tertiary/aromatic N) is 4. The molecule has 8 nitrogen and oxygen atoms in total. The van der Waals surface area contributed by atoms with E-state index in [0.717, 1.165) is 12.7 Å². The number of pyridine rings is 1. The van der Waals surface area contributed by atoms with Crippen molar-refractivity contribution in [2.75, 3.05) is 17.2 Å². The van der Waals surface area contributed by atoms with Gasteiger partial charge in [-0.05, 0) is 18.4 Å². The van der Waals surface area contributed by atoms with E-state index in [4.69, 9.17) is 11.6 Å². The minimum absolute atomic E-state index is 0.0128. The van der Waals surface area contributed by atoms with Gasteiger partial charge >= 0.3 is 11.9 Å². The first-order valence-corrected chi connectivity index (χ1v) is 8.20. The van der Waals surface area contributed by atoms with Crippen molar-refractivity contribution in [3.8, 4) is 0 Å². The predicted molar refractivity (Wildman–Crippen MR) is 94.2 cm³/mol. The highest BCUT2D eigenvalue weighted by Gasteiger charge is 2.32. The number of anilines is 3. The Hall–Kier alpha value is -2.69. The molecule has 0 bridgehead atoms. The van der Waals surface area contributed by atoms with Gasteiger partial charge in [-0.25, -0.2) is 15.0 Å². The van der Waals surface area contributed by atoms with Gasteiger partial charge < -0.3 is 10.6 Å². The molecule has 0 aromatic carbocycles. The van der Waals surface area contributed by atoms with Gasteiger partial charge in [0.2, 0.25) is 11.6 Å². The predicted octanol–water partition coefficient (Wildman–Crippen LogP) is 4.65. The van der Waals surface area contributed by atoms with Crippen LogP contribution in [0, 0.1) is 16.0 Å². The summed E-state index contributed by atoms with van der Waals surface area (Å²) in [6.45, 7) is 4.46. The number of nitrogens with one attached hydrogen (secondary N) is 2. The Balaban J connectivity index is 2.32. The largest absolute Gasteiger partial charge is 0.417 e. The van der Waals surface area contributed by atoms with Crippen LogP contribution in [0.5, 0.6) is 0 Å². The van der Waals surface area contributed by atoms with Crippen LogP contribution in [0.3, 0.4) is 0 Å². The van der Waals surface area contributed by atoms with E-state index < -0.39 is 22.4 Å². The van der Waals surface area contributed by atoms with Crippen LogP contribution in [0.25, 0.3) is 0 Å². The Morgan fingerprint density at radius 1 is 1.22 bits per heavy atom. The molecule has 0 radical (unpaired) electrons. The monoisotopic (exact) mass is 404 g/mol. The van der Waals surface area contributed by atoms with Gasteiger partial charge in [-0.1, -0.05) is 25.4 Å². The molecule has 27 heavy (non-hydrogen) atoms. The van der Waals surface area contributed by atoms with Crippen LogP contribution in [0.2, 0.25) is 5.02 Å². The Bertz CT molecular complexity index is 832.